The molecule has 0 spiro atoms. The largest absolute Gasteiger partial charge is 0.399 e. The van der Waals surface area contributed by atoms with Crippen molar-refractivity contribution in [1.29, 1.82) is 0 Å². The van der Waals surface area contributed by atoms with E-state index in [0.29, 0.717) is 6.04 Å². The van der Waals surface area contributed by atoms with Crippen molar-refractivity contribution in [2.24, 2.45) is 5.92 Å². The molecule has 0 heterocycles. The van der Waals surface area contributed by atoms with E-state index in [4.69, 9.17) is 5.73 Å². The summed E-state index contributed by atoms with van der Waals surface area (Å²) in [6, 6.07) is 6.61. The highest BCUT2D eigenvalue weighted by Crippen LogP contribution is 2.18. The van der Waals surface area contributed by atoms with Gasteiger partial charge in [-0.1, -0.05) is 13.8 Å². The van der Waals surface area contributed by atoms with Crippen LogP contribution in [0.4, 0.5) is 11.4 Å². The summed E-state index contributed by atoms with van der Waals surface area (Å²) in [7, 11) is 0. The first kappa shape index (κ1) is 11.9. The minimum absolute atomic E-state index is 0.507. The Kier molecular flexibility index (Phi) is 4.01. The number of rotatable bonds is 4. The van der Waals surface area contributed by atoms with Crippen molar-refractivity contribution in [3.05, 3.63) is 23.8 Å². The van der Waals surface area contributed by atoms with Crippen LogP contribution in [0.3, 0.4) is 0 Å². The third-order valence-corrected chi connectivity index (χ3v) is 2.51. The van der Waals surface area contributed by atoms with E-state index in [2.05, 4.69) is 32.2 Å². The average molecular weight is 206 g/mol. The molecule has 2 nitrogen and oxygen atoms in total. The number of anilines is 2. The molecule has 0 saturated heterocycles. The van der Waals surface area contributed by atoms with Crippen LogP contribution in [0.2, 0.25) is 0 Å². The molecule has 0 aliphatic carbocycles. The Bertz CT molecular complexity index is 318. The average Bonchev–Trinajstić information content (AvgIpc) is 2.10. The monoisotopic (exact) mass is 206 g/mol. The molecule has 1 atom stereocenters. The molecule has 0 aliphatic heterocycles. The number of hydrogen-bond acceptors (Lipinski definition) is 2. The van der Waals surface area contributed by atoms with Crippen LogP contribution < -0.4 is 11.1 Å². The van der Waals surface area contributed by atoms with Crippen molar-refractivity contribution in [2.45, 2.75) is 40.2 Å². The summed E-state index contributed by atoms with van der Waals surface area (Å²) in [5, 5.41) is 3.49. The third-order valence-electron chi connectivity index (χ3n) is 2.51. The van der Waals surface area contributed by atoms with Gasteiger partial charge in [0.05, 0.1) is 0 Å². The predicted molar refractivity (Wildman–Crippen MR) is 68.1 cm³/mol. The number of benzene rings is 1. The molecular formula is C13H22N2. The smallest absolute Gasteiger partial charge is 0.0346 e. The molecular weight excluding hydrogens is 184 g/mol. The van der Waals surface area contributed by atoms with Crippen molar-refractivity contribution in [3.8, 4) is 0 Å². The van der Waals surface area contributed by atoms with Gasteiger partial charge in [-0.25, -0.2) is 0 Å². The molecule has 15 heavy (non-hydrogen) atoms. The summed E-state index contributed by atoms with van der Waals surface area (Å²) in [6.45, 7) is 8.73. The van der Waals surface area contributed by atoms with Crippen molar-refractivity contribution >= 4 is 11.4 Å². The highest BCUT2D eigenvalue weighted by Gasteiger charge is 2.05. The molecule has 0 radical (unpaired) electrons. The number of nitrogen functional groups attached to an aromatic ring is 1. The predicted octanol–water partition coefficient (Wildman–Crippen LogP) is 3.42. The van der Waals surface area contributed by atoms with E-state index in [1.54, 1.807) is 0 Å². The molecule has 0 saturated carbocycles. The Hall–Kier alpha value is -1.18. The Labute approximate surface area is 92.9 Å². The van der Waals surface area contributed by atoms with Gasteiger partial charge in [0.25, 0.3) is 0 Å². The van der Waals surface area contributed by atoms with Crippen LogP contribution in [0.5, 0.6) is 0 Å². The summed E-state index contributed by atoms with van der Waals surface area (Å²) in [5.74, 6) is 0.724. The molecule has 84 valence electrons. The second kappa shape index (κ2) is 5.06. The Balaban J connectivity index is 2.60. The van der Waals surface area contributed by atoms with E-state index in [0.717, 1.165) is 22.9 Å². The molecule has 1 rings (SSSR count). The number of nitrogens with one attached hydrogen (secondary N) is 1. The summed E-state index contributed by atoms with van der Waals surface area (Å²) >= 11 is 0. The van der Waals surface area contributed by atoms with Crippen LogP contribution >= 0.6 is 0 Å². The van der Waals surface area contributed by atoms with Crippen molar-refractivity contribution in [2.75, 3.05) is 11.1 Å². The number of nitrogens with two attached hydrogens (primary N) is 1. The molecule has 2 heteroatoms. The lowest BCUT2D eigenvalue weighted by molar-refractivity contribution is 0.540. The van der Waals surface area contributed by atoms with E-state index in [-0.39, 0.29) is 0 Å². The van der Waals surface area contributed by atoms with Crippen molar-refractivity contribution in [1.82, 2.24) is 0 Å². The number of aryl methyl sites for hydroxylation is 1. The van der Waals surface area contributed by atoms with Gasteiger partial charge in [0.15, 0.2) is 0 Å². The van der Waals surface area contributed by atoms with Gasteiger partial charge in [0.2, 0.25) is 0 Å². The molecule has 0 bridgehead atoms. The van der Waals surface area contributed by atoms with Crippen LogP contribution in [-0.4, -0.2) is 6.04 Å². The van der Waals surface area contributed by atoms with Gasteiger partial charge in [0, 0.05) is 17.4 Å². The molecule has 0 aromatic heterocycles. The van der Waals surface area contributed by atoms with Crippen LogP contribution in [0, 0.1) is 12.8 Å². The molecule has 0 fully saturated rings. The van der Waals surface area contributed by atoms with E-state index in [1.165, 1.54) is 6.42 Å². The minimum atomic E-state index is 0.507. The topological polar surface area (TPSA) is 38.0 Å². The fourth-order valence-corrected chi connectivity index (χ4v) is 1.82. The van der Waals surface area contributed by atoms with Gasteiger partial charge in [-0.15, -0.1) is 0 Å². The van der Waals surface area contributed by atoms with Crippen LogP contribution in [-0.2, 0) is 0 Å². The van der Waals surface area contributed by atoms with Crippen LogP contribution in [0.15, 0.2) is 18.2 Å². The van der Waals surface area contributed by atoms with Gasteiger partial charge < -0.3 is 11.1 Å². The zero-order valence-corrected chi connectivity index (χ0v) is 10.2. The second-order valence-corrected chi connectivity index (χ2v) is 4.75. The second-order valence-electron chi connectivity index (χ2n) is 4.75. The van der Waals surface area contributed by atoms with E-state index < -0.39 is 0 Å². The van der Waals surface area contributed by atoms with Crippen LogP contribution in [0.1, 0.15) is 32.8 Å². The van der Waals surface area contributed by atoms with E-state index in [1.807, 2.05) is 19.1 Å². The van der Waals surface area contributed by atoms with Gasteiger partial charge in [-0.3, -0.25) is 0 Å². The summed E-state index contributed by atoms with van der Waals surface area (Å²) in [6.07, 6.45) is 1.18. The molecule has 3 N–H and O–H groups in total. The normalized spacial score (nSPS) is 12.9. The maximum absolute atomic E-state index is 5.77. The third kappa shape index (κ3) is 3.82. The van der Waals surface area contributed by atoms with Gasteiger partial charge in [-0.05, 0) is 49.9 Å². The summed E-state index contributed by atoms with van der Waals surface area (Å²) < 4.78 is 0. The van der Waals surface area contributed by atoms with Crippen molar-refractivity contribution in [3.63, 3.8) is 0 Å². The van der Waals surface area contributed by atoms with Gasteiger partial charge in [-0.2, -0.15) is 0 Å². The minimum Gasteiger partial charge on any atom is -0.399 e. The quantitative estimate of drug-likeness (QED) is 0.741. The van der Waals surface area contributed by atoms with Gasteiger partial charge in [0.1, 0.15) is 0 Å². The van der Waals surface area contributed by atoms with Crippen LogP contribution in [0.25, 0.3) is 0 Å². The first-order valence-electron chi connectivity index (χ1n) is 5.61. The van der Waals surface area contributed by atoms with Crippen molar-refractivity contribution < 1.29 is 0 Å². The van der Waals surface area contributed by atoms with E-state index in [9.17, 15) is 0 Å². The first-order valence-corrected chi connectivity index (χ1v) is 5.61. The highest BCUT2D eigenvalue weighted by atomic mass is 14.9. The lowest BCUT2D eigenvalue weighted by Crippen LogP contribution is -2.17. The zero-order chi connectivity index (χ0) is 11.4. The maximum Gasteiger partial charge on any atom is 0.0346 e. The lowest BCUT2D eigenvalue weighted by Gasteiger charge is -2.17. The Morgan fingerprint density at radius 1 is 1.27 bits per heavy atom. The highest BCUT2D eigenvalue weighted by molar-refractivity contribution is 5.56. The first-order chi connectivity index (χ1) is 6.99. The molecule has 1 aromatic rings. The SMILES string of the molecule is Cc1cc(NC(C)CC(C)C)ccc1N. The fraction of sp³-hybridized carbons (Fsp3) is 0.538. The summed E-state index contributed by atoms with van der Waals surface area (Å²) in [4.78, 5) is 0. The Morgan fingerprint density at radius 2 is 1.93 bits per heavy atom. The van der Waals surface area contributed by atoms with E-state index >= 15 is 0 Å². The standard InChI is InChI=1S/C13H22N2/c1-9(2)7-11(4)15-12-5-6-13(14)10(3)8-12/h5-6,8-9,11,15H,7,14H2,1-4H3. The lowest BCUT2D eigenvalue weighted by atomic mass is 10.0. The molecule has 1 aromatic carbocycles. The molecule has 0 amide bonds. The Morgan fingerprint density at radius 3 is 2.47 bits per heavy atom. The zero-order valence-electron chi connectivity index (χ0n) is 10.2. The maximum atomic E-state index is 5.77. The fourth-order valence-electron chi connectivity index (χ4n) is 1.82. The van der Waals surface area contributed by atoms with Gasteiger partial charge >= 0.3 is 0 Å². The molecule has 0 aliphatic rings. The number of hydrogen-bond donors (Lipinski definition) is 2. The summed E-state index contributed by atoms with van der Waals surface area (Å²) in [5.41, 5.74) is 8.93. The molecule has 1 unspecified atom stereocenters.